The number of carbonyl (C=O) groups is 1. The Labute approximate surface area is 214 Å². The summed E-state index contributed by atoms with van der Waals surface area (Å²) >= 11 is 3.60. The Hall–Kier alpha value is -3.12. The van der Waals surface area contributed by atoms with Gasteiger partial charge in [0, 0.05) is 29.9 Å². The van der Waals surface area contributed by atoms with Crippen LogP contribution in [-0.4, -0.2) is 28.6 Å². The van der Waals surface area contributed by atoms with Crippen molar-refractivity contribution in [1.29, 1.82) is 0 Å². The molecule has 0 radical (unpaired) electrons. The first kappa shape index (κ1) is 23.6. The molecule has 1 unspecified atom stereocenters. The van der Waals surface area contributed by atoms with Crippen LogP contribution in [0.4, 0.5) is 5.69 Å². The van der Waals surface area contributed by atoms with E-state index in [9.17, 15) is 4.79 Å². The number of aryl methyl sites for hydroxylation is 3. The summed E-state index contributed by atoms with van der Waals surface area (Å²) in [5, 5.41) is 0. The number of rotatable bonds is 8. The van der Waals surface area contributed by atoms with Gasteiger partial charge in [-0.3, -0.25) is 4.79 Å². The molecule has 0 aliphatic carbocycles. The molecule has 1 amide bonds. The van der Waals surface area contributed by atoms with Crippen molar-refractivity contribution in [3.8, 4) is 5.75 Å². The number of hydrogen-bond donors (Lipinski definition) is 0. The Morgan fingerprint density at radius 3 is 2.66 bits per heavy atom. The number of fused-ring (bicyclic) bond motifs is 1. The molecule has 3 aromatic carbocycles. The molecule has 5 rings (SSSR count). The molecule has 0 saturated carbocycles. The van der Waals surface area contributed by atoms with E-state index < -0.39 is 0 Å². The summed E-state index contributed by atoms with van der Waals surface area (Å²) in [5.41, 5.74) is 5.46. The zero-order chi connectivity index (χ0) is 24.4. The van der Waals surface area contributed by atoms with Crippen molar-refractivity contribution in [2.75, 3.05) is 18.1 Å². The summed E-state index contributed by atoms with van der Waals surface area (Å²) in [4.78, 5) is 19.8. The lowest BCUT2D eigenvalue weighted by Gasteiger charge is -2.19. The number of carbonyl (C=O) groups excluding carboxylic acids is 1. The number of amides is 1. The number of imidazole rings is 1. The summed E-state index contributed by atoms with van der Waals surface area (Å²) in [7, 11) is 0. The molecule has 1 atom stereocenters. The summed E-state index contributed by atoms with van der Waals surface area (Å²) in [6.07, 6.45) is 2.40. The second kappa shape index (κ2) is 10.2. The first-order valence-electron chi connectivity index (χ1n) is 12.2. The third-order valence-electron chi connectivity index (χ3n) is 6.68. The number of anilines is 1. The minimum atomic E-state index is 0.0634. The van der Waals surface area contributed by atoms with E-state index in [0.717, 1.165) is 52.2 Å². The fourth-order valence-corrected chi connectivity index (χ4v) is 5.44. The Bertz CT molecular complexity index is 1360. The highest BCUT2D eigenvalue weighted by atomic mass is 79.9. The predicted octanol–water partition coefficient (Wildman–Crippen LogP) is 6.80. The molecule has 1 saturated heterocycles. The van der Waals surface area contributed by atoms with Crippen molar-refractivity contribution >= 4 is 38.6 Å². The fourth-order valence-electron chi connectivity index (χ4n) is 4.94. The number of hydrogen-bond acceptors (Lipinski definition) is 3. The number of halogens is 1. The van der Waals surface area contributed by atoms with Crippen LogP contribution in [0.3, 0.4) is 0 Å². The zero-order valence-corrected chi connectivity index (χ0v) is 21.8. The van der Waals surface area contributed by atoms with Crippen LogP contribution < -0.4 is 9.64 Å². The Balaban J connectivity index is 1.30. The van der Waals surface area contributed by atoms with Crippen molar-refractivity contribution < 1.29 is 9.53 Å². The minimum absolute atomic E-state index is 0.0634. The highest BCUT2D eigenvalue weighted by molar-refractivity contribution is 9.10. The van der Waals surface area contributed by atoms with Gasteiger partial charge < -0.3 is 14.2 Å². The van der Waals surface area contributed by atoms with Crippen molar-refractivity contribution in [2.24, 2.45) is 0 Å². The number of nitrogens with zero attached hydrogens (tertiary/aromatic N) is 3. The van der Waals surface area contributed by atoms with Gasteiger partial charge in [-0.15, -0.1) is 0 Å². The van der Waals surface area contributed by atoms with E-state index in [0.29, 0.717) is 19.6 Å². The van der Waals surface area contributed by atoms with Crippen LogP contribution in [-0.2, 0) is 11.3 Å². The predicted molar refractivity (Wildman–Crippen MR) is 144 cm³/mol. The Kier molecular flexibility index (Phi) is 6.91. The lowest BCUT2D eigenvalue weighted by Crippen LogP contribution is -2.25. The van der Waals surface area contributed by atoms with Crippen LogP contribution in [0.1, 0.15) is 42.1 Å². The van der Waals surface area contributed by atoms with Gasteiger partial charge in [0.1, 0.15) is 11.6 Å². The van der Waals surface area contributed by atoms with E-state index in [1.54, 1.807) is 0 Å². The molecule has 180 valence electrons. The topological polar surface area (TPSA) is 47.4 Å². The maximum Gasteiger partial charge on any atom is 0.227 e. The summed E-state index contributed by atoms with van der Waals surface area (Å²) in [6, 6.07) is 22.5. The van der Waals surface area contributed by atoms with Crippen LogP contribution in [0, 0.1) is 13.8 Å². The molecule has 0 spiro atoms. The molecule has 35 heavy (non-hydrogen) atoms. The van der Waals surface area contributed by atoms with Gasteiger partial charge in [-0.1, -0.05) is 42.0 Å². The number of para-hydroxylation sites is 3. The molecule has 6 heteroatoms. The first-order chi connectivity index (χ1) is 17.0. The van der Waals surface area contributed by atoms with E-state index in [1.807, 2.05) is 35.2 Å². The molecule has 1 fully saturated rings. The van der Waals surface area contributed by atoms with Gasteiger partial charge in [0.25, 0.3) is 0 Å². The molecular weight excluding hydrogens is 502 g/mol. The average Bonchev–Trinajstić information content (AvgIpc) is 3.41. The molecule has 0 bridgehead atoms. The molecule has 2 heterocycles. The van der Waals surface area contributed by atoms with Crippen LogP contribution in [0.2, 0.25) is 0 Å². The van der Waals surface area contributed by atoms with Gasteiger partial charge in [-0.05, 0) is 78.5 Å². The van der Waals surface area contributed by atoms with Crippen molar-refractivity contribution in [1.82, 2.24) is 9.55 Å². The third kappa shape index (κ3) is 4.98. The van der Waals surface area contributed by atoms with Crippen LogP contribution in [0.5, 0.6) is 5.75 Å². The lowest BCUT2D eigenvalue weighted by molar-refractivity contribution is -0.117. The molecule has 5 nitrogen and oxygen atoms in total. The molecule has 4 aromatic rings. The molecule has 1 aliphatic heterocycles. The average molecular weight is 532 g/mol. The smallest absolute Gasteiger partial charge is 0.227 e. The Morgan fingerprint density at radius 1 is 1.03 bits per heavy atom. The normalized spacial score (nSPS) is 15.8. The molecular formula is C29H30BrN3O2. The van der Waals surface area contributed by atoms with Crippen LogP contribution in [0.25, 0.3) is 11.0 Å². The number of ether oxygens (including phenoxy) is 1. The van der Waals surface area contributed by atoms with E-state index in [-0.39, 0.29) is 11.8 Å². The fraction of sp³-hybridized carbons (Fsp3) is 0.310. The van der Waals surface area contributed by atoms with E-state index >= 15 is 0 Å². The summed E-state index contributed by atoms with van der Waals surface area (Å²) in [6.45, 7) is 6.36. The van der Waals surface area contributed by atoms with E-state index in [4.69, 9.17) is 9.72 Å². The van der Waals surface area contributed by atoms with Crippen molar-refractivity contribution in [3.05, 3.63) is 88.2 Å². The van der Waals surface area contributed by atoms with Gasteiger partial charge in [-0.2, -0.15) is 0 Å². The van der Waals surface area contributed by atoms with Crippen LogP contribution in [0.15, 0.2) is 71.2 Å². The van der Waals surface area contributed by atoms with Gasteiger partial charge in [-0.25, -0.2) is 4.98 Å². The van der Waals surface area contributed by atoms with Gasteiger partial charge in [0.15, 0.2) is 0 Å². The second-order valence-electron chi connectivity index (χ2n) is 9.29. The van der Waals surface area contributed by atoms with Gasteiger partial charge in [0.2, 0.25) is 5.91 Å². The lowest BCUT2D eigenvalue weighted by atomic mass is 10.1. The quantitative estimate of drug-likeness (QED) is 0.235. The standard InChI is InChI=1S/C29H30BrN3O2/c1-20-13-14-27(21(2)17-20)35-16-8-7-15-32-26-12-6-4-10-24(26)31-29(32)22-18-28(34)33(19-22)25-11-5-3-9-23(25)30/h3-6,9-14,17,22H,7-8,15-16,18-19H2,1-2H3. The number of aromatic nitrogens is 2. The molecule has 0 N–H and O–H groups in total. The number of benzene rings is 3. The summed E-state index contributed by atoms with van der Waals surface area (Å²) in [5.74, 6) is 2.17. The summed E-state index contributed by atoms with van der Waals surface area (Å²) < 4.78 is 9.29. The zero-order valence-electron chi connectivity index (χ0n) is 20.2. The first-order valence-corrected chi connectivity index (χ1v) is 13.0. The van der Waals surface area contributed by atoms with E-state index in [2.05, 4.69) is 70.7 Å². The molecule has 1 aliphatic rings. The number of unbranched alkanes of at least 4 members (excludes halogenated alkanes) is 1. The maximum atomic E-state index is 13.0. The highest BCUT2D eigenvalue weighted by Crippen LogP contribution is 2.36. The third-order valence-corrected chi connectivity index (χ3v) is 7.35. The largest absolute Gasteiger partial charge is 0.493 e. The van der Waals surface area contributed by atoms with Crippen LogP contribution >= 0.6 is 15.9 Å². The monoisotopic (exact) mass is 531 g/mol. The molecule has 1 aromatic heterocycles. The SMILES string of the molecule is Cc1ccc(OCCCCn2c(C3CC(=O)N(c4ccccc4Br)C3)nc3ccccc32)c(C)c1. The van der Waals surface area contributed by atoms with Gasteiger partial charge >= 0.3 is 0 Å². The maximum absolute atomic E-state index is 13.0. The van der Waals surface area contributed by atoms with Crippen molar-refractivity contribution in [2.45, 2.75) is 45.6 Å². The van der Waals surface area contributed by atoms with E-state index in [1.165, 1.54) is 11.1 Å². The van der Waals surface area contributed by atoms with Crippen molar-refractivity contribution in [3.63, 3.8) is 0 Å². The Morgan fingerprint density at radius 2 is 1.83 bits per heavy atom. The second-order valence-corrected chi connectivity index (χ2v) is 10.1. The highest BCUT2D eigenvalue weighted by Gasteiger charge is 2.35. The van der Waals surface area contributed by atoms with Gasteiger partial charge in [0.05, 0.1) is 23.3 Å². The minimum Gasteiger partial charge on any atom is -0.493 e.